The van der Waals surface area contributed by atoms with Crippen molar-refractivity contribution in [2.45, 2.75) is 26.4 Å². The van der Waals surface area contributed by atoms with Crippen LogP contribution in [0, 0.1) is 0 Å². The summed E-state index contributed by atoms with van der Waals surface area (Å²) in [6, 6.07) is 4.48. The molecular formula is C10H13NO3. The van der Waals surface area contributed by atoms with Gasteiger partial charge >= 0.3 is 6.09 Å². The van der Waals surface area contributed by atoms with Crippen molar-refractivity contribution in [2.75, 3.05) is 0 Å². The highest BCUT2D eigenvalue weighted by Gasteiger charge is 2.17. The average Bonchev–Trinajstić information content (AvgIpc) is 2.01. The van der Waals surface area contributed by atoms with Gasteiger partial charge in [-0.05, 0) is 26.8 Å². The molecule has 0 amide bonds. The van der Waals surface area contributed by atoms with Crippen LogP contribution in [-0.2, 0) is 4.74 Å². The third-order valence-corrected chi connectivity index (χ3v) is 1.41. The summed E-state index contributed by atoms with van der Waals surface area (Å²) in [5, 5.41) is 0. The Morgan fingerprint density at radius 2 is 2.00 bits per heavy atom. The zero-order valence-corrected chi connectivity index (χ0v) is 8.48. The quantitative estimate of drug-likeness (QED) is 0.632. The molecule has 4 nitrogen and oxygen atoms in total. The molecule has 0 saturated heterocycles. The fourth-order valence-corrected chi connectivity index (χ4v) is 0.889. The van der Waals surface area contributed by atoms with Gasteiger partial charge in [-0.3, -0.25) is 4.79 Å². The molecule has 0 spiro atoms. The maximum absolute atomic E-state index is 11.4. The van der Waals surface area contributed by atoms with Crippen molar-refractivity contribution in [3.63, 3.8) is 0 Å². The van der Waals surface area contributed by atoms with Crippen LogP contribution < -0.4 is 5.56 Å². The minimum absolute atomic E-state index is 0.387. The zero-order valence-electron chi connectivity index (χ0n) is 8.48. The molecule has 0 fully saturated rings. The van der Waals surface area contributed by atoms with E-state index in [9.17, 15) is 9.59 Å². The van der Waals surface area contributed by atoms with E-state index in [1.807, 2.05) is 0 Å². The minimum atomic E-state index is -0.650. The maximum atomic E-state index is 11.4. The first-order chi connectivity index (χ1) is 6.40. The fraction of sp³-hybridized carbons (Fsp3) is 0.400. The van der Waals surface area contributed by atoms with E-state index in [2.05, 4.69) is 0 Å². The van der Waals surface area contributed by atoms with Crippen LogP contribution in [-0.4, -0.2) is 16.3 Å². The van der Waals surface area contributed by atoms with Crippen molar-refractivity contribution in [1.29, 1.82) is 0 Å². The predicted octanol–water partition coefficient (Wildman–Crippen LogP) is 1.63. The first kappa shape index (κ1) is 10.5. The summed E-state index contributed by atoms with van der Waals surface area (Å²) in [5.74, 6) is 0. The lowest BCUT2D eigenvalue weighted by molar-refractivity contribution is 0.0530. The molecule has 1 rings (SSSR count). The lowest BCUT2D eigenvalue weighted by Crippen LogP contribution is -2.32. The third-order valence-electron chi connectivity index (χ3n) is 1.41. The van der Waals surface area contributed by atoms with Crippen molar-refractivity contribution in [3.8, 4) is 0 Å². The standard InChI is InChI=1S/C10H13NO3/c1-10(2,3)14-9(13)11-7-5-4-6-8(11)12/h4-7H,1-3H3. The summed E-state index contributed by atoms with van der Waals surface area (Å²) in [4.78, 5) is 22.6. The van der Waals surface area contributed by atoms with E-state index in [0.29, 0.717) is 0 Å². The number of rotatable bonds is 0. The van der Waals surface area contributed by atoms with E-state index in [4.69, 9.17) is 4.74 Å². The van der Waals surface area contributed by atoms with E-state index in [-0.39, 0.29) is 5.56 Å². The smallest absolute Gasteiger partial charge is 0.421 e. The first-order valence-electron chi connectivity index (χ1n) is 4.31. The molecule has 0 saturated carbocycles. The highest BCUT2D eigenvalue weighted by atomic mass is 16.6. The number of hydrogen-bond donors (Lipinski definition) is 0. The van der Waals surface area contributed by atoms with Crippen LogP contribution in [0.15, 0.2) is 29.2 Å². The lowest BCUT2D eigenvalue weighted by Gasteiger charge is -2.19. The summed E-state index contributed by atoms with van der Waals surface area (Å²) < 4.78 is 5.96. The van der Waals surface area contributed by atoms with Gasteiger partial charge in [-0.15, -0.1) is 0 Å². The van der Waals surface area contributed by atoms with Gasteiger partial charge in [0.2, 0.25) is 0 Å². The molecule has 0 aliphatic carbocycles. The molecule has 1 aromatic heterocycles. The molecule has 0 unspecified atom stereocenters. The second-order valence-corrected chi connectivity index (χ2v) is 3.89. The van der Waals surface area contributed by atoms with E-state index in [0.717, 1.165) is 4.57 Å². The van der Waals surface area contributed by atoms with Crippen LogP contribution in [0.1, 0.15) is 20.8 Å². The Labute approximate surface area is 82.1 Å². The molecule has 0 aliphatic rings. The molecule has 1 aromatic rings. The van der Waals surface area contributed by atoms with Gasteiger partial charge in [-0.25, -0.2) is 9.36 Å². The fourth-order valence-electron chi connectivity index (χ4n) is 0.889. The largest absolute Gasteiger partial charge is 0.443 e. The first-order valence-corrected chi connectivity index (χ1v) is 4.31. The molecule has 1 heterocycles. The van der Waals surface area contributed by atoms with Gasteiger partial charge in [-0.2, -0.15) is 0 Å². The van der Waals surface area contributed by atoms with Crippen molar-refractivity contribution in [3.05, 3.63) is 34.7 Å². The summed E-state index contributed by atoms with van der Waals surface area (Å²) in [6.07, 6.45) is 0.735. The van der Waals surface area contributed by atoms with Crippen LogP contribution in [0.4, 0.5) is 4.79 Å². The molecule has 4 heteroatoms. The Morgan fingerprint density at radius 1 is 1.36 bits per heavy atom. The topological polar surface area (TPSA) is 48.3 Å². The van der Waals surface area contributed by atoms with Crippen LogP contribution in [0.2, 0.25) is 0 Å². The number of carbonyl (C=O) groups excluding carboxylic acids is 1. The molecule has 0 N–H and O–H groups in total. The van der Waals surface area contributed by atoms with Gasteiger partial charge in [0.1, 0.15) is 5.60 Å². The number of nitrogens with zero attached hydrogens (tertiary/aromatic N) is 1. The number of ether oxygens (including phenoxy) is 1. The Morgan fingerprint density at radius 3 is 2.50 bits per heavy atom. The lowest BCUT2D eigenvalue weighted by atomic mass is 10.2. The normalized spacial score (nSPS) is 11.1. The molecular weight excluding hydrogens is 182 g/mol. The molecule has 0 aliphatic heterocycles. The van der Waals surface area contributed by atoms with Crippen LogP contribution in [0.3, 0.4) is 0 Å². The van der Waals surface area contributed by atoms with Gasteiger partial charge < -0.3 is 4.74 Å². The number of pyridine rings is 1. The van der Waals surface area contributed by atoms with Crippen LogP contribution in [0.25, 0.3) is 0 Å². The van der Waals surface area contributed by atoms with E-state index >= 15 is 0 Å². The van der Waals surface area contributed by atoms with Gasteiger partial charge in [-0.1, -0.05) is 6.07 Å². The molecule has 14 heavy (non-hydrogen) atoms. The zero-order chi connectivity index (χ0) is 10.8. The predicted molar refractivity (Wildman–Crippen MR) is 52.3 cm³/mol. The van der Waals surface area contributed by atoms with Crippen LogP contribution in [0.5, 0.6) is 0 Å². The number of carbonyl (C=O) groups is 1. The molecule has 76 valence electrons. The van der Waals surface area contributed by atoms with Gasteiger partial charge in [0.25, 0.3) is 5.56 Å². The van der Waals surface area contributed by atoms with Gasteiger partial charge in [0.05, 0.1) is 0 Å². The summed E-state index contributed by atoms with van der Waals surface area (Å²) in [6.45, 7) is 5.25. The maximum Gasteiger partial charge on any atom is 0.421 e. The summed E-state index contributed by atoms with van der Waals surface area (Å²) in [5.41, 5.74) is -0.978. The highest BCUT2D eigenvalue weighted by molar-refractivity contribution is 5.70. The second-order valence-electron chi connectivity index (χ2n) is 3.89. The van der Waals surface area contributed by atoms with Crippen LogP contribution >= 0.6 is 0 Å². The van der Waals surface area contributed by atoms with Gasteiger partial charge in [0.15, 0.2) is 0 Å². The van der Waals surface area contributed by atoms with Crippen molar-refractivity contribution in [1.82, 2.24) is 4.57 Å². The third kappa shape index (κ3) is 2.73. The van der Waals surface area contributed by atoms with Crippen molar-refractivity contribution >= 4 is 6.09 Å². The second kappa shape index (κ2) is 3.65. The van der Waals surface area contributed by atoms with E-state index < -0.39 is 11.7 Å². The average molecular weight is 195 g/mol. The summed E-state index contributed by atoms with van der Waals surface area (Å²) in [7, 11) is 0. The van der Waals surface area contributed by atoms with Crippen molar-refractivity contribution in [2.24, 2.45) is 0 Å². The molecule has 0 aromatic carbocycles. The Kier molecular flexibility index (Phi) is 2.74. The highest BCUT2D eigenvalue weighted by Crippen LogP contribution is 2.07. The van der Waals surface area contributed by atoms with E-state index in [1.54, 1.807) is 32.9 Å². The SMILES string of the molecule is CC(C)(C)OC(=O)n1ccccc1=O. The molecule has 0 radical (unpaired) electrons. The Balaban J connectivity index is 2.92. The molecule has 0 atom stereocenters. The number of aromatic nitrogens is 1. The van der Waals surface area contributed by atoms with Gasteiger partial charge in [0, 0.05) is 12.3 Å². The van der Waals surface area contributed by atoms with Crippen molar-refractivity contribution < 1.29 is 9.53 Å². The van der Waals surface area contributed by atoms with E-state index in [1.165, 1.54) is 12.3 Å². The molecule has 0 bridgehead atoms. The number of hydrogen-bond acceptors (Lipinski definition) is 3. The minimum Gasteiger partial charge on any atom is -0.443 e. The Hall–Kier alpha value is -1.58. The Bertz CT molecular complexity index is 387. The summed E-state index contributed by atoms with van der Waals surface area (Å²) >= 11 is 0. The monoisotopic (exact) mass is 195 g/mol.